The van der Waals surface area contributed by atoms with Gasteiger partial charge in [0, 0.05) is 0 Å². The number of unbranched alkanes of at least 4 members (excludes halogenated alkanes) is 1. The zero-order valence-electron chi connectivity index (χ0n) is 15.2. The number of amides is 1. The molecule has 1 amide bonds. The molecule has 1 aliphatic rings. The Kier molecular flexibility index (Phi) is 5.76. The van der Waals surface area contributed by atoms with Gasteiger partial charge in [0.2, 0.25) is 0 Å². The molecule has 2 aromatic rings. The fourth-order valence-corrected chi connectivity index (χ4v) is 3.48. The number of benzene rings is 1. The highest BCUT2D eigenvalue weighted by Gasteiger charge is 2.43. The number of furan rings is 1. The molecule has 0 spiro atoms. The molecule has 26 heavy (non-hydrogen) atoms. The van der Waals surface area contributed by atoms with Gasteiger partial charge >= 0.3 is 5.97 Å². The van der Waals surface area contributed by atoms with Gasteiger partial charge in [-0.1, -0.05) is 38.3 Å². The van der Waals surface area contributed by atoms with E-state index in [1.807, 2.05) is 12.1 Å². The molecule has 0 radical (unpaired) electrons. The second-order valence-electron chi connectivity index (χ2n) is 6.84. The maximum atomic E-state index is 12.5. The molecule has 0 bridgehead atoms. The Labute approximate surface area is 153 Å². The van der Waals surface area contributed by atoms with Gasteiger partial charge < -0.3 is 14.5 Å². The number of carbonyl (C=O) groups excluding carboxylic acids is 2. The molecular formula is C21H25NO4. The molecule has 0 aliphatic heterocycles. The van der Waals surface area contributed by atoms with Gasteiger partial charge in [0.25, 0.3) is 5.91 Å². The average Bonchev–Trinajstić information content (AvgIpc) is 3.21. The standard InChI is InChI=1S/C21H25NO4/c1-3-4-6-16-13-17(16)19(22-20(23)18-7-5-12-26-18)14-8-10-15(11-9-14)21(24)25-2/h5,7-12,16-17,19H,3-4,6,13H2,1-2H3,(H,22,23)/t16-,17-,19-/m1/s1. The van der Waals surface area contributed by atoms with Crippen LogP contribution in [0.5, 0.6) is 0 Å². The highest BCUT2D eigenvalue weighted by atomic mass is 16.5. The van der Waals surface area contributed by atoms with Crippen LogP contribution >= 0.6 is 0 Å². The predicted octanol–water partition coefficient (Wildman–Crippen LogP) is 4.36. The molecule has 1 fully saturated rings. The first-order chi connectivity index (χ1) is 12.6. The summed E-state index contributed by atoms with van der Waals surface area (Å²) < 4.78 is 9.97. The third kappa shape index (κ3) is 4.15. The smallest absolute Gasteiger partial charge is 0.337 e. The maximum absolute atomic E-state index is 12.5. The summed E-state index contributed by atoms with van der Waals surface area (Å²) in [6.07, 6.45) is 6.19. The number of rotatable bonds is 8. The number of hydrogen-bond acceptors (Lipinski definition) is 4. The Hall–Kier alpha value is -2.56. The number of ether oxygens (including phenoxy) is 1. The molecule has 1 aromatic carbocycles. The molecule has 5 nitrogen and oxygen atoms in total. The van der Waals surface area contributed by atoms with Crippen molar-refractivity contribution in [3.05, 3.63) is 59.5 Å². The Bertz CT molecular complexity index is 736. The predicted molar refractivity (Wildman–Crippen MR) is 97.8 cm³/mol. The van der Waals surface area contributed by atoms with Crippen LogP contribution < -0.4 is 5.32 Å². The number of methoxy groups -OCH3 is 1. The lowest BCUT2D eigenvalue weighted by Gasteiger charge is -2.19. The molecule has 1 aromatic heterocycles. The lowest BCUT2D eigenvalue weighted by Crippen LogP contribution is -2.30. The number of nitrogens with one attached hydrogen (secondary N) is 1. The summed E-state index contributed by atoms with van der Waals surface area (Å²) in [4.78, 5) is 24.1. The van der Waals surface area contributed by atoms with Gasteiger partial charge in [0.05, 0.1) is 25.0 Å². The highest BCUT2D eigenvalue weighted by Crippen LogP contribution is 2.50. The first-order valence-corrected chi connectivity index (χ1v) is 9.16. The lowest BCUT2D eigenvalue weighted by molar-refractivity contribution is 0.0600. The molecular weight excluding hydrogens is 330 g/mol. The van der Waals surface area contributed by atoms with E-state index in [1.54, 1.807) is 24.3 Å². The first kappa shape index (κ1) is 18.2. The summed E-state index contributed by atoms with van der Waals surface area (Å²) in [5.41, 5.74) is 1.51. The summed E-state index contributed by atoms with van der Waals surface area (Å²) in [6, 6.07) is 10.6. The van der Waals surface area contributed by atoms with Crippen LogP contribution in [0.2, 0.25) is 0 Å². The summed E-state index contributed by atoms with van der Waals surface area (Å²) >= 11 is 0. The van der Waals surface area contributed by atoms with Gasteiger partial charge in [0.15, 0.2) is 5.76 Å². The molecule has 1 N–H and O–H groups in total. The van der Waals surface area contributed by atoms with E-state index < -0.39 is 0 Å². The molecule has 3 atom stereocenters. The van der Waals surface area contributed by atoms with Crippen molar-refractivity contribution in [3.63, 3.8) is 0 Å². The molecule has 5 heteroatoms. The monoisotopic (exact) mass is 355 g/mol. The Morgan fingerprint density at radius 2 is 2.04 bits per heavy atom. The van der Waals surface area contributed by atoms with Gasteiger partial charge in [-0.15, -0.1) is 0 Å². The second kappa shape index (κ2) is 8.21. The SMILES string of the molecule is CCCC[C@@H]1C[C@H]1[C@H](NC(=O)c1ccco1)c1ccc(C(=O)OC)cc1. The van der Waals surface area contributed by atoms with Crippen LogP contribution in [0.15, 0.2) is 47.1 Å². The topological polar surface area (TPSA) is 68.5 Å². The van der Waals surface area contributed by atoms with Crippen molar-refractivity contribution >= 4 is 11.9 Å². The fourth-order valence-electron chi connectivity index (χ4n) is 3.48. The van der Waals surface area contributed by atoms with Gasteiger partial charge in [-0.05, 0) is 48.1 Å². The first-order valence-electron chi connectivity index (χ1n) is 9.16. The van der Waals surface area contributed by atoms with Crippen LogP contribution in [-0.4, -0.2) is 19.0 Å². The van der Waals surface area contributed by atoms with Crippen LogP contribution in [0.4, 0.5) is 0 Å². The largest absolute Gasteiger partial charge is 0.465 e. The van der Waals surface area contributed by atoms with Crippen LogP contribution in [0.1, 0.15) is 65.1 Å². The molecule has 0 saturated heterocycles. The van der Waals surface area contributed by atoms with E-state index in [4.69, 9.17) is 9.15 Å². The highest BCUT2D eigenvalue weighted by molar-refractivity contribution is 5.92. The van der Waals surface area contributed by atoms with Gasteiger partial charge in [-0.3, -0.25) is 4.79 Å². The maximum Gasteiger partial charge on any atom is 0.337 e. The fraction of sp³-hybridized carbons (Fsp3) is 0.429. The molecule has 1 aliphatic carbocycles. The van der Waals surface area contributed by atoms with Crippen LogP contribution in [-0.2, 0) is 4.74 Å². The van der Waals surface area contributed by atoms with E-state index >= 15 is 0 Å². The summed E-state index contributed by atoms with van der Waals surface area (Å²) in [5.74, 6) is 0.798. The van der Waals surface area contributed by atoms with E-state index in [0.717, 1.165) is 12.0 Å². The van der Waals surface area contributed by atoms with Gasteiger partial charge in [-0.2, -0.15) is 0 Å². The number of hydrogen-bond donors (Lipinski definition) is 1. The number of carbonyl (C=O) groups is 2. The van der Waals surface area contributed by atoms with E-state index in [0.29, 0.717) is 23.2 Å². The van der Waals surface area contributed by atoms with Crippen molar-refractivity contribution in [2.45, 2.75) is 38.6 Å². The second-order valence-corrected chi connectivity index (χ2v) is 6.84. The van der Waals surface area contributed by atoms with E-state index in [1.165, 1.54) is 32.6 Å². The minimum Gasteiger partial charge on any atom is -0.465 e. The quantitative estimate of drug-likeness (QED) is 0.714. The van der Waals surface area contributed by atoms with E-state index in [-0.39, 0.29) is 17.9 Å². The molecule has 1 saturated carbocycles. The third-order valence-corrected chi connectivity index (χ3v) is 5.06. The molecule has 1 heterocycles. The Balaban J connectivity index is 1.76. The summed E-state index contributed by atoms with van der Waals surface area (Å²) in [6.45, 7) is 2.19. The lowest BCUT2D eigenvalue weighted by atomic mass is 9.98. The summed E-state index contributed by atoms with van der Waals surface area (Å²) in [5, 5.41) is 3.12. The Morgan fingerprint density at radius 1 is 1.27 bits per heavy atom. The van der Waals surface area contributed by atoms with Crippen molar-refractivity contribution in [3.8, 4) is 0 Å². The van der Waals surface area contributed by atoms with Crippen molar-refractivity contribution in [1.29, 1.82) is 0 Å². The van der Waals surface area contributed by atoms with Crippen molar-refractivity contribution < 1.29 is 18.7 Å². The molecule has 3 rings (SSSR count). The molecule has 138 valence electrons. The van der Waals surface area contributed by atoms with Crippen LogP contribution in [0.3, 0.4) is 0 Å². The van der Waals surface area contributed by atoms with Crippen LogP contribution in [0, 0.1) is 11.8 Å². The van der Waals surface area contributed by atoms with Crippen molar-refractivity contribution in [1.82, 2.24) is 5.32 Å². The number of esters is 1. The van der Waals surface area contributed by atoms with Crippen molar-refractivity contribution in [2.24, 2.45) is 11.8 Å². The Morgan fingerprint density at radius 3 is 2.65 bits per heavy atom. The zero-order valence-corrected chi connectivity index (χ0v) is 15.2. The third-order valence-electron chi connectivity index (χ3n) is 5.06. The van der Waals surface area contributed by atoms with E-state index in [9.17, 15) is 9.59 Å². The molecule has 0 unspecified atom stereocenters. The minimum atomic E-state index is -0.361. The van der Waals surface area contributed by atoms with E-state index in [2.05, 4.69) is 12.2 Å². The zero-order chi connectivity index (χ0) is 18.5. The van der Waals surface area contributed by atoms with Gasteiger partial charge in [-0.25, -0.2) is 4.79 Å². The average molecular weight is 355 g/mol. The van der Waals surface area contributed by atoms with Gasteiger partial charge in [0.1, 0.15) is 0 Å². The van der Waals surface area contributed by atoms with Crippen molar-refractivity contribution in [2.75, 3.05) is 7.11 Å². The normalized spacial score (nSPS) is 19.6. The summed E-state index contributed by atoms with van der Waals surface area (Å²) in [7, 11) is 1.37. The minimum absolute atomic E-state index is 0.0823. The van der Waals surface area contributed by atoms with Crippen LogP contribution in [0.25, 0.3) is 0 Å².